The van der Waals surface area contributed by atoms with Crippen LogP contribution < -0.4 is 5.32 Å². The minimum Gasteiger partial charge on any atom is -0.321 e. The van der Waals surface area contributed by atoms with Crippen molar-refractivity contribution < 1.29 is 18.5 Å². The summed E-state index contributed by atoms with van der Waals surface area (Å²) in [6, 6.07) is 7.82. The number of hydrogen-bond donors (Lipinski definition) is 1. The molecule has 0 bridgehead atoms. The lowest BCUT2D eigenvalue weighted by atomic mass is 10.1. The number of non-ortho nitro benzene ring substituents is 1. The minimum absolute atomic E-state index is 0.0866. The molecule has 0 radical (unpaired) electrons. The second-order valence-corrected chi connectivity index (χ2v) is 5.19. The predicted octanol–water partition coefficient (Wildman–Crippen LogP) is 4.10. The molecular weight excluding hydrogens is 320 g/mol. The van der Waals surface area contributed by atoms with Crippen LogP contribution in [0.4, 0.5) is 25.0 Å². The van der Waals surface area contributed by atoms with E-state index in [0.717, 1.165) is 12.1 Å². The largest absolute Gasteiger partial charge is 0.322 e. The number of nitro benzene ring substituents is 1. The smallest absolute Gasteiger partial charge is 0.321 e. The maximum Gasteiger partial charge on any atom is 0.322 e. The first-order valence-corrected chi connectivity index (χ1v) is 7.03. The number of urea groups is 1. The zero-order valence-corrected chi connectivity index (χ0v) is 13.0. The second kappa shape index (κ2) is 7.03. The maximum absolute atomic E-state index is 13.3. The molecule has 2 rings (SSSR count). The Morgan fingerprint density at radius 2 is 1.79 bits per heavy atom. The Balaban J connectivity index is 2.07. The normalized spacial score (nSPS) is 11.7. The molecule has 0 aliphatic rings. The minimum atomic E-state index is -0.983. The Morgan fingerprint density at radius 3 is 2.33 bits per heavy atom. The molecule has 0 spiro atoms. The number of carbonyl (C=O) groups is 1. The standard InChI is InChI=1S/C16H15F2N3O3/c1-10(11-3-8-14(17)15(18)9-11)20(2)16(22)19-12-4-6-13(7-5-12)21(23)24/h3-10H,1-2H3,(H,19,22)/t10-/m0/s1. The number of halogens is 2. The van der Waals surface area contributed by atoms with Gasteiger partial charge in [0, 0.05) is 24.9 Å². The molecule has 6 nitrogen and oxygen atoms in total. The first-order valence-electron chi connectivity index (χ1n) is 7.03. The van der Waals surface area contributed by atoms with E-state index in [2.05, 4.69) is 5.32 Å². The Morgan fingerprint density at radius 1 is 1.17 bits per heavy atom. The highest BCUT2D eigenvalue weighted by Gasteiger charge is 2.19. The van der Waals surface area contributed by atoms with E-state index in [1.807, 2.05) is 0 Å². The van der Waals surface area contributed by atoms with Gasteiger partial charge in [0.15, 0.2) is 11.6 Å². The molecule has 126 valence electrons. The van der Waals surface area contributed by atoms with Gasteiger partial charge in [-0.05, 0) is 36.8 Å². The van der Waals surface area contributed by atoms with Crippen LogP contribution in [0, 0.1) is 21.7 Å². The van der Waals surface area contributed by atoms with Crippen molar-refractivity contribution in [2.75, 3.05) is 12.4 Å². The van der Waals surface area contributed by atoms with E-state index in [-0.39, 0.29) is 5.69 Å². The number of nitro groups is 1. The van der Waals surface area contributed by atoms with E-state index in [4.69, 9.17) is 0 Å². The molecule has 0 heterocycles. The number of carbonyl (C=O) groups excluding carboxylic acids is 1. The predicted molar refractivity (Wildman–Crippen MR) is 84.7 cm³/mol. The molecule has 0 aliphatic carbocycles. The van der Waals surface area contributed by atoms with Crippen LogP contribution in [-0.4, -0.2) is 22.9 Å². The SMILES string of the molecule is C[C@@H](c1ccc(F)c(F)c1)N(C)C(=O)Nc1ccc([N+](=O)[O-])cc1. The van der Waals surface area contributed by atoms with Gasteiger partial charge in [0.25, 0.3) is 5.69 Å². The van der Waals surface area contributed by atoms with Crippen LogP contribution in [0.15, 0.2) is 42.5 Å². The lowest BCUT2D eigenvalue weighted by Gasteiger charge is -2.25. The van der Waals surface area contributed by atoms with E-state index >= 15 is 0 Å². The molecular formula is C16H15F2N3O3. The number of hydrogen-bond acceptors (Lipinski definition) is 3. The molecule has 0 fully saturated rings. The average molecular weight is 335 g/mol. The highest BCUT2D eigenvalue weighted by molar-refractivity contribution is 5.89. The van der Waals surface area contributed by atoms with Gasteiger partial charge >= 0.3 is 6.03 Å². The van der Waals surface area contributed by atoms with Crippen LogP contribution in [0.3, 0.4) is 0 Å². The summed E-state index contributed by atoms with van der Waals surface area (Å²) in [7, 11) is 1.51. The summed E-state index contributed by atoms with van der Waals surface area (Å²) in [6.45, 7) is 1.67. The second-order valence-electron chi connectivity index (χ2n) is 5.19. The maximum atomic E-state index is 13.3. The van der Waals surface area contributed by atoms with Gasteiger partial charge in [-0.3, -0.25) is 10.1 Å². The number of anilines is 1. The Kier molecular flexibility index (Phi) is 5.08. The molecule has 0 aliphatic heterocycles. The van der Waals surface area contributed by atoms with E-state index < -0.39 is 28.6 Å². The fourth-order valence-electron chi connectivity index (χ4n) is 2.05. The van der Waals surface area contributed by atoms with Gasteiger partial charge in [0.2, 0.25) is 0 Å². The van der Waals surface area contributed by atoms with Crippen LogP contribution in [0.2, 0.25) is 0 Å². The van der Waals surface area contributed by atoms with Crippen molar-refractivity contribution in [1.29, 1.82) is 0 Å². The molecule has 1 atom stereocenters. The highest BCUT2D eigenvalue weighted by atomic mass is 19.2. The Labute approximate surface area is 136 Å². The van der Waals surface area contributed by atoms with Crippen molar-refractivity contribution in [2.45, 2.75) is 13.0 Å². The van der Waals surface area contributed by atoms with Crippen LogP contribution in [0.1, 0.15) is 18.5 Å². The van der Waals surface area contributed by atoms with Gasteiger partial charge in [-0.15, -0.1) is 0 Å². The summed E-state index contributed by atoms with van der Waals surface area (Å²) in [5.41, 5.74) is 0.738. The molecule has 2 amide bonds. The monoisotopic (exact) mass is 335 g/mol. The molecule has 1 N–H and O–H groups in total. The van der Waals surface area contributed by atoms with Crippen molar-refractivity contribution in [1.82, 2.24) is 4.90 Å². The number of nitrogens with one attached hydrogen (secondary N) is 1. The molecule has 0 saturated carbocycles. The Bertz CT molecular complexity index is 766. The highest BCUT2D eigenvalue weighted by Crippen LogP contribution is 2.22. The van der Waals surface area contributed by atoms with Crippen molar-refractivity contribution in [3.8, 4) is 0 Å². The van der Waals surface area contributed by atoms with Gasteiger partial charge in [-0.2, -0.15) is 0 Å². The summed E-state index contributed by atoms with van der Waals surface area (Å²) in [6.07, 6.45) is 0. The van der Waals surface area contributed by atoms with E-state index in [1.54, 1.807) is 6.92 Å². The van der Waals surface area contributed by atoms with E-state index in [0.29, 0.717) is 11.3 Å². The number of amides is 2. The van der Waals surface area contributed by atoms with Crippen LogP contribution in [0.5, 0.6) is 0 Å². The summed E-state index contributed by atoms with van der Waals surface area (Å²) in [5, 5.41) is 13.2. The molecule has 2 aromatic rings. The summed E-state index contributed by atoms with van der Waals surface area (Å²) in [4.78, 5) is 23.6. The van der Waals surface area contributed by atoms with Gasteiger partial charge in [0.05, 0.1) is 11.0 Å². The third-order valence-corrected chi connectivity index (χ3v) is 3.66. The zero-order chi connectivity index (χ0) is 17.9. The molecule has 8 heteroatoms. The fraction of sp³-hybridized carbons (Fsp3) is 0.188. The van der Waals surface area contributed by atoms with Crippen molar-refractivity contribution >= 4 is 17.4 Å². The third-order valence-electron chi connectivity index (χ3n) is 3.66. The van der Waals surface area contributed by atoms with E-state index in [1.165, 1.54) is 42.3 Å². The van der Waals surface area contributed by atoms with Gasteiger partial charge in [0.1, 0.15) is 0 Å². The van der Waals surface area contributed by atoms with Gasteiger partial charge in [-0.1, -0.05) is 6.07 Å². The van der Waals surface area contributed by atoms with Crippen LogP contribution in [-0.2, 0) is 0 Å². The number of rotatable bonds is 4. The van der Waals surface area contributed by atoms with Crippen LogP contribution in [0.25, 0.3) is 0 Å². The molecule has 24 heavy (non-hydrogen) atoms. The average Bonchev–Trinajstić information content (AvgIpc) is 2.56. The summed E-state index contributed by atoms with van der Waals surface area (Å²) < 4.78 is 26.3. The molecule has 0 unspecified atom stereocenters. The first kappa shape index (κ1) is 17.3. The number of benzene rings is 2. The summed E-state index contributed by atoms with van der Waals surface area (Å²) in [5.74, 6) is -1.94. The first-order chi connectivity index (χ1) is 11.3. The van der Waals surface area contributed by atoms with Crippen molar-refractivity contribution in [3.05, 3.63) is 69.8 Å². The fourth-order valence-corrected chi connectivity index (χ4v) is 2.05. The van der Waals surface area contributed by atoms with E-state index in [9.17, 15) is 23.7 Å². The quantitative estimate of drug-likeness (QED) is 0.675. The lowest BCUT2D eigenvalue weighted by Crippen LogP contribution is -2.33. The number of nitrogens with zero attached hydrogens (tertiary/aromatic N) is 2. The van der Waals surface area contributed by atoms with Gasteiger partial charge in [-0.25, -0.2) is 13.6 Å². The topological polar surface area (TPSA) is 75.5 Å². The zero-order valence-electron chi connectivity index (χ0n) is 13.0. The molecule has 2 aromatic carbocycles. The van der Waals surface area contributed by atoms with Crippen LogP contribution >= 0.6 is 0 Å². The molecule has 0 aromatic heterocycles. The lowest BCUT2D eigenvalue weighted by molar-refractivity contribution is -0.384. The Hall–Kier alpha value is -3.03. The molecule has 0 saturated heterocycles. The van der Waals surface area contributed by atoms with Gasteiger partial charge < -0.3 is 10.2 Å². The summed E-state index contributed by atoms with van der Waals surface area (Å²) >= 11 is 0. The van der Waals surface area contributed by atoms with Crippen molar-refractivity contribution in [3.63, 3.8) is 0 Å². The van der Waals surface area contributed by atoms with Crippen molar-refractivity contribution in [2.24, 2.45) is 0 Å². The third kappa shape index (κ3) is 3.83.